The predicted octanol–water partition coefficient (Wildman–Crippen LogP) is 3.92. The zero-order valence-electron chi connectivity index (χ0n) is 15.3. The van der Waals surface area contributed by atoms with Crippen molar-refractivity contribution < 1.29 is 12.8 Å². The van der Waals surface area contributed by atoms with Crippen LogP contribution in [0.15, 0.2) is 82.7 Å². The summed E-state index contributed by atoms with van der Waals surface area (Å²) in [6.07, 6.45) is 6.53. The van der Waals surface area contributed by atoms with Gasteiger partial charge in [-0.1, -0.05) is 12.1 Å². The molecule has 1 aromatic carbocycles. The fourth-order valence-electron chi connectivity index (χ4n) is 3.15. The summed E-state index contributed by atoms with van der Waals surface area (Å²) in [7, 11) is -3.81. The van der Waals surface area contributed by atoms with Gasteiger partial charge in [-0.15, -0.1) is 0 Å². The molecule has 0 spiro atoms. The first-order chi connectivity index (χ1) is 13.6. The molecule has 0 amide bonds. The smallest absolute Gasteiger partial charge is 0.244 e. The summed E-state index contributed by atoms with van der Waals surface area (Å²) in [6.45, 7) is 2.23. The summed E-state index contributed by atoms with van der Waals surface area (Å²) in [4.78, 5) is 8.69. The van der Waals surface area contributed by atoms with Crippen LogP contribution in [-0.4, -0.2) is 22.7 Å². The third-order valence-electron chi connectivity index (χ3n) is 4.54. The van der Waals surface area contributed by atoms with Crippen LogP contribution in [0.25, 0.3) is 10.9 Å². The number of aryl methyl sites for hydroxylation is 1. The molecule has 4 aromatic rings. The molecule has 0 aliphatic rings. The van der Waals surface area contributed by atoms with Crippen LogP contribution in [-0.2, 0) is 23.1 Å². The van der Waals surface area contributed by atoms with E-state index in [1.54, 1.807) is 61.1 Å². The van der Waals surface area contributed by atoms with Crippen molar-refractivity contribution in [3.63, 3.8) is 0 Å². The topological polar surface area (TPSA) is 76.3 Å². The molecule has 0 fully saturated rings. The molecule has 0 N–H and O–H groups in total. The van der Waals surface area contributed by atoms with Gasteiger partial charge in [-0.25, -0.2) is 8.42 Å². The van der Waals surface area contributed by atoms with Crippen molar-refractivity contribution in [2.75, 3.05) is 0 Å². The van der Waals surface area contributed by atoms with Crippen molar-refractivity contribution >= 4 is 20.9 Å². The van der Waals surface area contributed by atoms with E-state index in [2.05, 4.69) is 9.97 Å². The van der Waals surface area contributed by atoms with Gasteiger partial charge in [0, 0.05) is 30.5 Å². The fraction of sp³-hybridized carbons (Fsp3) is 0.143. The molecule has 28 heavy (non-hydrogen) atoms. The Hall–Kier alpha value is -3.03. The van der Waals surface area contributed by atoms with Crippen LogP contribution in [0, 0.1) is 6.92 Å². The van der Waals surface area contributed by atoms with E-state index in [1.807, 2.05) is 13.0 Å². The summed E-state index contributed by atoms with van der Waals surface area (Å²) in [5.41, 5.74) is 2.41. The number of sulfonamides is 1. The van der Waals surface area contributed by atoms with Gasteiger partial charge < -0.3 is 4.42 Å². The van der Waals surface area contributed by atoms with Gasteiger partial charge in [0.1, 0.15) is 5.76 Å². The van der Waals surface area contributed by atoms with E-state index in [-0.39, 0.29) is 18.0 Å². The molecule has 142 valence electrons. The number of nitrogens with zero attached hydrogens (tertiary/aromatic N) is 3. The first-order valence-electron chi connectivity index (χ1n) is 8.81. The van der Waals surface area contributed by atoms with Gasteiger partial charge >= 0.3 is 0 Å². The minimum absolute atomic E-state index is 0.125. The maximum absolute atomic E-state index is 13.6. The first-order valence-corrected chi connectivity index (χ1v) is 10.3. The molecule has 0 bridgehead atoms. The average molecular weight is 393 g/mol. The number of fused-ring (bicyclic) bond motifs is 1. The Kier molecular flexibility index (Phi) is 4.93. The molecule has 6 nitrogen and oxygen atoms in total. The van der Waals surface area contributed by atoms with E-state index in [4.69, 9.17) is 4.42 Å². The molecule has 0 atom stereocenters. The Morgan fingerprint density at radius 1 is 1.00 bits per heavy atom. The van der Waals surface area contributed by atoms with Gasteiger partial charge in [-0.3, -0.25) is 9.97 Å². The molecule has 4 rings (SSSR count). The van der Waals surface area contributed by atoms with E-state index in [0.29, 0.717) is 16.7 Å². The Morgan fingerprint density at radius 2 is 1.86 bits per heavy atom. The summed E-state index contributed by atoms with van der Waals surface area (Å²) < 4.78 is 34.1. The van der Waals surface area contributed by atoms with Gasteiger partial charge in [0.05, 0.1) is 23.2 Å². The van der Waals surface area contributed by atoms with Crippen LogP contribution in [0.3, 0.4) is 0 Å². The lowest BCUT2D eigenvalue weighted by Gasteiger charge is -2.22. The molecule has 0 aliphatic heterocycles. The normalized spacial score (nSPS) is 11.9. The second-order valence-electron chi connectivity index (χ2n) is 6.49. The number of hydrogen-bond acceptors (Lipinski definition) is 5. The Labute approximate surface area is 163 Å². The minimum Gasteiger partial charge on any atom is -0.468 e. The van der Waals surface area contributed by atoms with Crippen LogP contribution in [0.2, 0.25) is 0 Å². The summed E-state index contributed by atoms with van der Waals surface area (Å²) in [5, 5.41) is 0.609. The van der Waals surface area contributed by atoms with Crippen molar-refractivity contribution in [1.29, 1.82) is 0 Å². The van der Waals surface area contributed by atoms with Crippen molar-refractivity contribution in [2.45, 2.75) is 24.9 Å². The van der Waals surface area contributed by atoms with Crippen molar-refractivity contribution in [2.24, 2.45) is 0 Å². The highest BCUT2D eigenvalue weighted by molar-refractivity contribution is 7.89. The summed E-state index contributed by atoms with van der Waals surface area (Å²) in [5.74, 6) is 0.571. The highest BCUT2D eigenvalue weighted by Crippen LogP contribution is 2.28. The molecule has 3 aromatic heterocycles. The van der Waals surface area contributed by atoms with Gasteiger partial charge in [-0.05, 0) is 54.4 Å². The van der Waals surface area contributed by atoms with Crippen LogP contribution in [0.5, 0.6) is 0 Å². The van der Waals surface area contributed by atoms with E-state index in [0.717, 1.165) is 11.1 Å². The van der Waals surface area contributed by atoms with E-state index >= 15 is 0 Å². The van der Waals surface area contributed by atoms with Crippen molar-refractivity contribution in [3.05, 3.63) is 90.3 Å². The molecule has 3 heterocycles. The standard InChI is InChI=1S/C21H19N3O3S/c1-16-8-9-20(19-7-3-11-23-21(16)19)28(25,26)24(15-18-6-4-12-27-18)14-17-5-2-10-22-13-17/h2-13H,14-15H2,1H3. The maximum atomic E-state index is 13.6. The number of pyridine rings is 2. The van der Waals surface area contributed by atoms with E-state index in [1.165, 1.54) is 10.6 Å². The highest BCUT2D eigenvalue weighted by Gasteiger charge is 2.28. The van der Waals surface area contributed by atoms with Gasteiger partial charge in [0.2, 0.25) is 10.0 Å². The van der Waals surface area contributed by atoms with Gasteiger partial charge in [0.25, 0.3) is 0 Å². The second kappa shape index (κ2) is 7.53. The number of rotatable bonds is 6. The molecular formula is C21H19N3O3S. The zero-order chi connectivity index (χ0) is 19.6. The number of furan rings is 1. The number of aromatic nitrogens is 2. The molecular weight excluding hydrogens is 374 g/mol. The highest BCUT2D eigenvalue weighted by atomic mass is 32.2. The van der Waals surface area contributed by atoms with Crippen LogP contribution in [0.4, 0.5) is 0 Å². The van der Waals surface area contributed by atoms with Crippen molar-refractivity contribution in [1.82, 2.24) is 14.3 Å². The largest absolute Gasteiger partial charge is 0.468 e. The maximum Gasteiger partial charge on any atom is 0.244 e. The van der Waals surface area contributed by atoms with Gasteiger partial charge in [0.15, 0.2) is 0 Å². The predicted molar refractivity (Wildman–Crippen MR) is 106 cm³/mol. The molecule has 7 heteroatoms. The zero-order valence-corrected chi connectivity index (χ0v) is 16.1. The quantitative estimate of drug-likeness (QED) is 0.496. The number of hydrogen-bond donors (Lipinski definition) is 0. The third-order valence-corrected chi connectivity index (χ3v) is 6.39. The Balaban J connectivity index is 1.81. The van der Waals surface area contributed by atoms with E-state index in [9.17, 15) is 8.42 Å². The minimum atomic E-state index is -3.81. The lowest BCUT2D eigenvalue weighted by Crippen LogP contribution is -2.30. The Bertz CT molecular complexity index is 1190. The summed E-state index contributed by atoms with van der Waals surface area (Å²) in [6, 6.07) is 14.1. The molecule has 0 unspecified atom stereocenters. The Morgan fingerprint density at radius 3 is 2.61 bits per heavy atom. The van der Waals surface area contributed by atoms with Gasteiger partial charge in [-0.2, -0.15) is 4.31 Å². The third kappa shape index (κ3) is 3.54. The fourth-order valence-corrected chi connectivity index (χ4v) is 4.73. The average Bonchev–Trinajstić information content (AvgIpc) is 3.22. The molecule has 0 saturated heterocycles. The monoisotopic (exact) mass is 393 g/mol. The van der Waals surface area contributed by atoms with Crippen LogP contribution in [0.1, 0.15) is 16.9 Å². The second-order valence-corrected chi connectivity index (χ2v) is 8.40. The van der Waals surface area contributed by atoms with Crippen LogP contribution < -0.4 is 0 Å². The summed E-state index contributed by atoms with van der Waals surface area (Å²) >= 11 is 0. The van der Waals surface area contributed by atoms with Crippen LogP contribution >= 0.6 is 0 Å². The molecule has 0 saturated carbocycles. The first kappa shape index (κ1) is 18.3. The van der Waals surface area contributed by atoms with E-state index < -0.39 is 10.0 Å². The lowest BCUT2D eigenvalue weighted by atomic mass is 10.1. The van der Waals surface area contributed by atoms with Crippen molar-refractivity contribution in [3.8, 4) is 0 Å². The number of benzene rings is 1. The molecule has 0 aliphatic carbocycles. The lowest BCUT2D eigenvalue weighted by molar-refractivity contribution is 0.358. The molecule has 0 radical (unpaired) electrons. The SMILES string of the molecule is Cc1ccc(S(=O)(=O)N(Cc2cccnc2)Cc2ccco2)c2cccnc12.